The Bertz CT molecular complexity index is 865. The molecule has 158 valence electrons. The van der Waals surface area contributed by atoms with E-state index in [2.05, 4.69) is 20.4 Å². The van der Waals surface area contributed by atoms with Crippen LogP contribution >= 0.6 is 0 Å². The molecule has 0 fully saturated rings. The molecule has 0 spiro atoms. The number of aromatic nitrogens is 3. The summed E-state index contributed by atoms with van der Waals surface area (Å²) in [5.74, 6) is -1.52. The van der Waals surface area contributed by atoms with Gasteiger partial charge in [0.25, 0.3) is 5.91 Å². The molecule has 0 saturated carbocycles. The number of carboxylic acid groups (broad SMARTS) is 1. The number of hydrogen-bond acceptors (Lipinski definition) is 7. The third-order valence-electron chi connectivity index (χ3n) is 3.75. The minimum absolute atomic E-state index is 0.0555. The zero-order valence-electron chi connectivity index (χ0n) is 15.9. The first-order valence-corrected chi connectivity index (χ1v) is 8.61. The molecule has 0 unspecified atom stereocenters. The van der Waals surface area contributed by atoms with Crippen LogP contribution in [0.25, 0.3) is 0 Å². The fourth-order valence-electron chi connectivity index (χ4n) is 2.44. The van der Waals surface area contributed by atoms with Crippen molar-refractivity contribution >= 4 is 17.8 Å². The average Bonchev–Trinajstić information content (AvgIpc) is 3.04. The SMILES string of the molecule is Cc1cnc(N2CCc3onc(C(=O)NC(C)C)c3C2)nc1.O=C(O)C(F)(F)F. The Balaban J connectivity index is 0.000000370. The lowest BCUT2D eigenvalue weighted by molar-refractivity contribution is -0.192. The standard InChI is InChI=1S/C15H19N5O2.C2HF3O2/c1-9(2)18-14(21)13-11-8-20(5-4-12(11)22-19-13)15-16-6-10(3)7-17-15;3-2(4,5)1(6)7/h6-7,9H,4-5,8H2,1-3H3,(H,18,21);(H,6,7). The van der Waals surface area contributed by atoms with Crippen LogP contribution in [0.3, 0.4) is 0 Å². The maximum atomic E-state index is 12.2. The molecule has 1 aliphatic rings. The van der Waals surface area contributed by atoms with Gasteiger partial charge >= 0.3 is 12.1 Å². The van der Waals surface area contributed by atoms with Crippen molar-refractivity contribution < 1.29 is 32.4 Å². The van der Waals surface area contributed by atoms with Crippen LogP contribution < -0.4 is 10.2 Å². The van der Waals surface area contributed by atoms with Gasteiger partial charge in [-0.2, -0.15) is 13.2 Å². The van der Waals surface area contributed by atoms with E-state index in [9.17, 15) is 18.0 Å². The second-order valence-electron chi connectivity index (χ2n) is 6.60. The van der Waals surface area contributed by atoms with E-state index >= 15 is 0 Å². The molecule has 3 heterocycles. The van der Waals surface area contributed by atoms with Gasteiger partial charge in [0.2, 0.25) is 5.95 Å². The number of rotatable bonds is 3. The van der Waals surface area contributed by atoms with E-state index in [0.717, 1.165) is 23.4 Å². The lowest BCUT2D eigenvalue weighted by Gasteiger charge is -2.26. The zero-order chi connectivity index (χ0) is 21.8. The molecular formula is C17H20F3N5O4. The Labute approximate surface area is 163 Å². The van der Waals surface area contributed by atoms with Crippen molar-refractivity contribution in [3.8, 4) is 0 Å². The Morgan fingerprint density at radius 1 is 1.28 bits per heavy atom. The normalized spacial score (nSPS) is 13.4. The van der Waals surface area contributed by atoms with Crippen LogP contribution in [-0.4, -0.2) is 50.9 Å². The minimum Gasteiger partial charge on any atom is -0.475 e. The fourth-order valence-corrected chi connectivity index (χ4v) is 2.44. The van der Waals surface area contributed by atoms with Crippen LogP contribution in [-0.2, 0) is 17.8 Å². The summed E-state index contributed by atoms with van der Waals surface area (Å²) in [5, 5.41) is 13.9. The van der Waals surface area contributed by atoms with Gasteiger partial charge in [0.1, 0.15) is 5.76 Å². The molecule has 9 nitrogen and oxygen atoms in total. The number of alkyl halides is 3. The van der Waals surface area contributed by atoms with Gasteiger partial charge in [0.05, 0.1) is 6.54 Å². The van der Waals surface area contributed by atoms with E-state index < -0.39 is 12.1 Å². The molecule has 0 saturated heterocycles. The molecule has 0 radical (unpaired) electrons. The molecule has 2 aromatic heterocycles. The highest BCUT2D eigenvalue weighted by Gasteiger charge is 2.38. The van der Waals surface area contributed by atoms with Crippen LogP contribution in [0.2, 0.25) is 0 Å². The number of carbonyl (C=O) groups excluding carboxylic acids is 1. The number of fused-ring (bicyclic) bond motifs is 1. The lowest BCUT2D eigenvalue weighted by atomic mass is 10.1. The number of amides is 1. The number of carbonyl (C=O) groups is 2. The van der Waals surface area contributed by atoms with Gasteiger partial charge in [0, 0.05) is 37.0 Å². The first kappa shape index (κ1) is 22.1. The summed E-state index contributed by atoms with van der Waals surface area (Å²) in [6, 6.07) is 0.0555. The summed E-state index contributed by atoms with van der Waals surface area (Å²) in [7, 11) is 0. The minimum atomic E-state index is -5.08. The molecule has 0 atom stereocenters. The number of carboxylic acids is 1. The van der Waals surface area contributed by atoms with Gasteiger partial charge in [-0.15, -0.1) is 0 Å². The molecule has 0 aromatic carbocycles. The first-order valence-electron chi connectivity index (χ1n) is 8.61. The summed E-state index contributed by atoms with van der Waals surface area (Å²) in [5.41, 5.74) is 2.21. The molecule has 0 aliphatic carbocycles. The lowest BCUT2D eigenvalue weighted by Crippen LogP contribution is -2.35. The Kier molecular flexibility index (Phi) is 6.77. The van der Waals surface area contributed by atoms with E-state index in [1.54, 1.807) is 12.4 Å². The number of nitrogens with zero attached hydrogens (tertiary/aromatic N) is 4. The number of anilines is 1. The maximum absolute atomic E-state index is 12.2. The summed E-state index contributed by atoms with van der Waals surface area (Å²) in [6.45, 7) is 7.05. The van der Waals surface area contributed by atoms with Crippen molar-refractivity contribution in [3.05, 3.63) is 35.0 Å². The Morgan fingerprint density at radius 2 is 1.86 bits per heavy atom. The number of aryl methyl sites for hydroxylation is 1. The molecule has 2 aromatic rings. The van der Waals surface area contributed by atoms with Gasteiger partial charge in [0.15, 0.2) is 5.69 Å². The fraction of sp³-hybridized carbons (Fsp3) is 0.471. The van der Waals surface area contributed by atoms with Crippen molar-refractivity contribution in [2.24, 2.45) is 0 Å². The molecule has 1 aliphatic heterocycles. The molecule has 0 bridgehead atoms. The second-order valence-corrected chi connectivity index (χ2v) is 6.60. The molecule has 2 N–H and O–H groups in total. The van der Waals surface area contributed by atoms with Crippen LogP contribution in [0.15, 0.2) is 16.9 Å². The van der Waals surface area contributed by atoms with Crippen LogP contribution in [0, 0.1) is 6.92 Å². The first-order chi connectivity index (χ1) is 13.5. The van der Waals surface area contributed by atoms with E-state index in [0.29, 0.717) is 24.6 Å². The van der Waals surface area contributed by atoms with Crippen molar-refractivity contribution in [2.45, 2.75) is 46.0 Å². The molecule has 12 heteroatoms. The van der Waals surface area contributed by atoms with E-state index in [1.807, 2.05) is 25.7 Å². The number of halogens is 3. The summed E-state index contributed by atoms with van der Waals surface area (Å²) < 4.78 is 37.1. The van der Waals surface area contributed by atoms with E-state index in [-0.39, 0.29) is 11.9 Å². The smallest absolute Gasteiger partial charge is 0.475 e. The van der Waals surface area contributed by atoms with Gasteiger partial charge in [-0.3, -0.25) is 4.79 Å². The van der Waals surface area contributed by atoms with Gasteiger partial charge in [-0.1, -0.05) is 5.16 Å². The van der Waals surface area contributed by atoms with Gasteiger partial charge < -0.3 is 19.8 Å². The predicted molar refractivity (Wildman–Crippen MR) is 94.3 cm³/mol. The molecule has 29 heavy (non-hydrogen) atoms. The van der Waals surface area contributed by atoms with E-state index in [4.69, 9.17) is 14.4 Å². The molecule has 3 rings (SSSR count). The van der Waals surface area contributed by atoms with Crippen LogP contribution in [0.4, 0.5) is 19.1 Å². The van der Waals surface area contributed by atoms with Crippen molar-refractivity contribution in [3.63, 3.8) is 0 Å². The molecular weight excluding hydrogens is 395 g/mol. The van der Waals surface area contributed by atoms with Crippen LogP contribution in [0.5, 0.6) is 0 Å². The maximum Gasteiger partial charge on any atom is 0.490 e. The monoisotopic (exact) mass is 415 g/mol. The summed E-state index contributed by atoms with van der Waals surface area (Å²) >= 11 is 0. The average molecular weight is 415 g/mol. The number of aliphatic carboxylic acids is 1. The summed E-state index contributed by atoms with van der Waals surface area (Å²) in [6.07, 6.45) is -0.815. The highest BCUT2D eigenvalue weighted by molar-refractivity contribution is 5.94. The third kappa shape index (κ3) is 5.90. The van der Waals surface area contributed by atoms with E-state index in [1.165, 1.54) is 0 Å². The van der Waals surface area contributed by atoms with Crippen LogP contribution in [0.1, 0.15) is 41.2 Å². The van der Waals surface area contributed by atoms with Crippen molar-refractivity contribution in [1.29, 1.82) is 0 Å². The topological polar surface area (TPSA) is 121 Å². The highest BCUT2D eigenvalue weighted by Crippen LogP contribution is 2.24. The second kappa shape index (κ2) is 8.88. The third-order valence-corrected chi connectivity index (χ3v) is 3.75. The summed E-state index contributed by atoms with van der Waals surface area (Å²) in [4.78, 5) is 31.8. The number of nitrogens with one attached hydrogen (secondary N) is 1. The molecule has 1 amide bonds. The van der Waals surface area contributed by atoms with Gasteiger partial charge in [-0.05, 0) is 26.3 Å². The Hall–Kier alpha value is -3.18. The predicted octanol–water partition coefficient (Wildman–Crippen LogP) is 2.11. The van der Waals surface area contributed by atoms with Crippen molar-refractivity contribution in [2.75, 3.05) is 11.4 Å². The highest BCUT2D eigenvalue weighted by atomic mass is 19.4. The van der Waals surface area contributed by atoms with Gasteiger partial charge in [-0.25, -0.2) is 14.8 Å². The quantitative estimate of drug-likeness (QED) is 0.782. The largest absolute Gasteiger partial charge is 0.490 e. The Morgan fingerprint density at radius 3 is 2.38 bits per heavy atom. The zero-order valence-corrected chi connectivity index (χ0v) is 15.9. The van der Waals surface area contributed by atoms with Crippen molar-refractivity contribution in [1.82, 2.24) is 20.4 Å². The number of hydrogen-bond donors (Lipinski definition) is 2.